The van der Waals surface area contributed by atoms with E-state index in [1.807, 2.05) is 44.2 Å². The lowest BCUT2D eigenvalue weighted by Crippen LogP contribution is -2.57. The maximum atomic E-state index is 13.0. The molecular formula is C37H58N8O9. The summed E-state index contributed by atoms with van der Waals surface area (Å²) in [5, 5.41) is 20.2. The predicted molar refractivity (Wildman–Crippen MR) is 200 cm³/mol. The van der Waals surface area contributed by atoms with Crippen LogP contribution in [-0.2, 0) is 49.6 Å². The highest BCUT2D eigenvalue weighted by molar-refractivity contribution is 5.96. The molecule has 0 radical (unpaired) electrons. The molecule has 1 rings (SSSR count). The summed E-state index contributed by atoms with van der Waals surface area (Å²) in [5.74, 6) is -5.71. The molecule has 0 aliphatic carbocycles. The molecule has 0 heterocycles. The number of amides is 8. The number of benzene rings is 1. The summed E-state index contributed by atoms with van der Waals surface area (Å²) in [6.07, 6.45) is 1.10. The minimum atomic E-state index is -1.10. The molecule has 1 aromatic rings. The van der Waals surface area contributed by atoms with Gasteiger partial charge in [0.1, 0.15) is 36.5 Å². The lowest BCUT2D eigenvalue weighted by atomic mass is 10.0. The predicted octanol–water partition coefficient (Wildman–Crippen LogP) is -1.01. The van der Waals surface area contributed by atoms with Gasteiger partial charge in [-0.2, -0.15) is 0 Å². The summed E-state index contributed by atoms with van der Waals surface area (Å²) in [6, 6.07) is 3.25. The van der Waals surface area contributed by atoms with Crippen molar-refractivity contribution in [2.75, 3.05) is 13.1 Å². The third-order valence-electron chi connectivity index (χ3n) is 8.07. The Hall–Kier alpha value is -5.35. The van der Waals surface area contributed by atoms with E-state index in [9.17, 15) is 43.2 Å². The largest absolute Gasteiger partial charge is 0.345 e. The molecule has 0 unspecified atom stereocenters. The zero-order valence-corrected chi connectivity index (χ0v) is 32.7. The van der Waals surface area contributed by atoms with Crippen LogP contribution in [0.2, 0.25) is 0 Å². The number of hydrogen-bond donors (Lipinski definition) is 8. The van der Waals surface area contributed by atoms with Crippen LogP contribution in [0.3, 0.4) is 0 Å². The quantitative estimate of drug-likeness (QED) is 0.0674. The fourth-order valence-electron chi connectivity index (χ4n) is 5.14. The van der Waals surface area contributed by atoms with Gasteiger partial charge in [0.2, 0.25) is 47.3 Å². The van der Waals surface area contributed by atoms with Crippen LogP contribution in [0, 0.1) is 17.8 Å². The van der Waals surface area contributed by atoms with Crippen LogP contribution in [0.1, 0.15) is 74.3 Å². The van der Waals surface area contributed by atoms with Crippen LogP contribution in [0.5, 0.6) is 0 Å². The molecular weight excluding hydrogens is 700 g/mol. The molecule has 0 aromatic heterocycles. The molecule has 300 valence electrons. The Bertz CT molecular complexity index is 1470. The SMILES string of the molecule is CC(=O)N[C@@H](C)C(=O)N[C@H](C(=O)NCC(=O)N[C@@H](CC(C)C)C(=O)NCC(=O)N[C@@H](C)C(=O)N[C@H](C(=O)N[C@H](C=O)Cc1ccccc1)C(C)C)C(C)C. The first kappa shape index (κ1) is 46.7. The number of aldehydes is 1. The molecule has 0 saturated carbocycles. The summed E-state index contributed by atoms with van der Waals surface area (Å²) in [4.78, 5) is 113. The van der Waals surface area contributed by atoms with Crippen LogP contribution >= 0.6 is 0 Å². The highest BCUT2D eigenvalue weighted by Gasteiger charge is 2.30. The standard InChI is InChI=1S/C37H58N8O9/c1-20(2)15-28(43-30(49)18-39-36(53)31(21(3)4)44-33(50)23(7)40-25(9)47)35(52)38-17-29(48)41-24(8)34(51)45-32(22(5)6)37(54)42-27(19-46)16-26-13-11-10-12-14-26/h10-14,19-24,27-28,31-32H,15-18H2,1-9H3,(H,38,52)(H,39,53)(H,40,47)(H,41,48)(H,42,54)(H,43,49)(H,44,50)(H,45,51)/t23-,24-,27-,28-,31-,32-/m0/s1. The molecule has 0 bridgehead atoms. The minimum absolute atomic E-state index is 0.0504. The van der Waals surface area contributed by atoms with Crippen LogP contribution < -0.4 is 42.5 Å². The average Bonchev–Trinajstić information content (AvgIpc) is 3.09. The number of carbonyl (C=O) groups excluding carboxylic acids is 9. The number of hydrogen-bond acceptors (Lipinski definition) is 9. The molecule has 0 spiro atoms. The van der Waals surface area contributed by atoms with Crippen molar-refractivity contribution in [3.8, 4) is 0 Å². The van der Waals surface area contributed by atoms with Crippen molar-refractivity contribution in [2.24, 2.45) is 17.8 Å². The monoisotopic (exact) mass is 758 g/mol. The van der Waals surface area contributed by atoms with Crippen molar-refractivity contribution in [3.05, 3.63) is 35.9 Å². The van der Waals surface area contributed by atoms with Gasteiger partial charge in [0, 0.05) is 6.92 Å². The van der Waals surface area contributed by atoms with E-state index in [0.717, 1.165) is 5.56 Å². The lowest BCUT2D eigenvalue weighted by Gasteiger charge is -2.25. The van der Waals surface area contributed by atoms with Crippen molar-refractivity contribution in [1.82, 2.24) is 42.5 Å². The first-order valence-electron chi connectivity index (χ1n) is 18.1. The van der Waals surface area contributed by atoms with Gasteiger partial charge < -0.3 is 47.3 Å². The van der Waals surface area contributed by atoms with E-state index >= 15 is 0 Å². The van der Waals surface area contributed by atoms with Gasteiger partial charge in [0.25, 0.3) is 0 Å². The summed E-state index contributed by atoms with van der Waals surface area (Å²) >= 11 is 0. The van der Waals surface area contributed by atoms with Gasteiger partial charge in [-0.25, -0.2) is 0 Å². The van der Waals surface area contributed by atoms with Crippen LogP contribution in [0.15, 0.2) is 30.3 Å². The van der Waals surface area contributed by atoms with Gasteiger partial charge in [0.05, 0.1) is 19.1 Å². The molecule has 0 saturated heterocycles. The maximum Gasteiger partial charge on any atom is 0.243 e. The van der Waals surface area contributed by atoms with Gasteiger partial charge in [-0.1, -0.05) is 71.9 Å². The Balaban J connectivity index is 2.72. The third kappa shape index (κ3) is 17.4. The Labute approximate surface area is 317 Å². The van der Waals surface area contributed by atoms with E-state index in [1.165, 1.54) is 20.8 Å². The highest BCUT2D eigenvalue weighted by Crippen LogP contribution is 2.08. The molecule has 0 aliphatic heterocycles. The molecule has 17 heteroatoms. The van der Waals surface area contributed by atoms with Crippen LogP contribution in [-0.4, -0.2) is 103 Å². The highest BCUT2D eigenvalue weighted by atomic mass is 16.2. The second kappa shape index (κ2) is 23.3. The molecule has 1 aromatic carbocycles. The van der Waals surface area contributed by atoms with Gasteiger partial charge in [-0.05, 0) is 50.0 Å². The Morgan fingerprint density at radius 3 is 1.54 bits per heavy atom. The number of rotatable bonds is 22. The topological polar surface area (TPSA) is 250 Å². The van der Waals surface area contributed by atoms with Crippen molar-refractivity contribution in [3.63, 3.8) is 0 Å². The van der Waals surface area contributed by atoms with Gasteiger partial charge in [-0.15, -0.1) is 0 Å². The van der Waals surface area contributed by atoms with E-state index in [4.69, 9.17) is 0 Å². The average molecular weight is 759 g/mol. The molecule has 8 N–H and O–H groups in total. The first-order chi connectivity index (χ1) is 25.2. The zero-order chi connectivity index (χ0) is 41.1. The summed E-state index contributed by atoms with van der Waals surface area (Å²) in [6.45, 7) is 13.6. The molecule has 6 atom stereocenters. The minimum Gasteiger partial charge on any atom is -0.345 e. The van der Waals surface area contributed by atoms with E-state index in [1.54, 1.807) is 27.7 Å². The van der Waals surface area contributed by atoms with E-state index in [-0.39, 0.29) is 30.6 Å². The number of nitrogens with one attached hydrogen (secondary N) is 8. The smallest absolute Gasteiger partial charge is 0.243 e. The van der Waals surface area contributed by atoms with E-state index in [2.05, 4.69) is 42.5 Å². The lowest BCUT2D eigenvalue weighted by molar-refractivity contribution is -0.134. The second-order valence-corrected chi connectivity index (χ2v) is 14.3. The van der Waals surface area contributed by atoms with Crippen molar-refractivity contribution >= 4 is 53.5 Å². The Kier molecular flexibility index (Phi) is 20.2. The van der Waals surface area contributed by atoms with Crippen molar-refractivity contribution in [1.29, 1.82) is 0 Å². The third-order valence-corrected chi connectivity index (χ3v) is 8.07. The fourth-order valence-corrected chi connectivity index (χ4v) is 5.14. The molecule has 0 aliphatic rings. The van der Waals surface area contributed by atoms with Crippen molar-refractivity contribution in [2.45, 2.75) is 111 Å². The van der Waals surface area contributed by atoms with Gasteiger partial charge in [0.15, 0.2) is 0 Å². The molecule has 17 nitrogen and oxygen atoms in total. The second-order valence-electron chi connectivity index (χ2n) is 14.3. The maximum absolute atomic E-state index is 13.0. The summed E-state index contributed by atoms with van der Waals surface area (Å²) in [5.41, 5.74) is 0.848. The van der Waals surface area contributed by atoms with Crippen molar-refractivity contribution < 1.29 is 43.2 Å². The Morgan fingerprint density at radius 1 is 0.574 bits per heavy atom. The summed E-state index contributed by atoms with van der Waals surface area (Å²) in [7, 11) is 0. The van der Waals surface area contributed by atoms with Crippen LogP contribution in [0.25, 0.3) is 0 Å². The Morgan fingerprint density at radius 2 is 1.06 bits per heavy atom. The van der Waals surface area contributed by atoms with E-state index < -0.39 is 96.6 Å². The van der Waals surface area contributed by atoms with E-state index in [0.29, 0.717) is 6.29 Å². The molecule has 0 fully saturated rings. The van der Waals surface area contributed by atoms with Gasteiger partial charge >= 0.3 is 0 Å². The normalized spacial score (nSPS) is 14.3. The molecule has 54 heavy (non-hydrogen) atoms. The first-order valence-corrected chi connectivity index (χ1v) is 18.1. The fraction of sp³-hybridized carbons (Fsp3) is 0.595. The zero-order valence-electron chi connectivity index (χ0n) is 32.7. The number of carbonyl (C=O) groups is 9. The summed E-state index contributed by atoms with van der Waals surface area (Å²) < 4.78 is 0. The molecule has 8 amide bonds. The van der Waals surface area contributed by atoms with Crippen LogP contribution in [0.4, 0.5) is 0 Å². The van der Waals surface area contributed by atoms with Gasteiger partial charge in [-0.3, -0.25) is 38.4 Å².